The van der Waals surface area contributed by atoms with Crippen molar-refractivity contribution < 1.29 is 4.79 Å². The van der Waals surface area contributed by atoms with Gasteiger partial charge in [-0.1, -0.05) is 18.0 Å². The Balaban J connectivity index is 0.00000161. The van der Waals surface area contributed by atoms with Crippen molar-refractivity contribution in [2.75, 3.05) is 5.32 Å². The van der Waals surface area contributed by atoms with E-state index in [1.807, 2.05) is 12.1 Å². The highest BCUT2D eigenvalue weighted by Crippen LogP contribution is 2.42. The lowest BCUT2D eigenvalue weighted by Crippen LogP contribution is -2.48. The molecular weight excluding hydrogens is 307 g/mol. The SMILES string of the molecule is Cl.NC1C2CCCC1CC(C(=O)Nc1ccc(Cl)cc1)C2. The van der Waals surface area contributed by atoms with Gasteiger partial charge in [0.2, 0.25) is 5.91 Å². The van der Waals surface area contributed by atoms with E-state index in [0.29, 0.717) is 22.9 Å². The molecule has 2 fully saturated rings. The molecule has 2 atom stereocenters. The summed E-state index contributed by atoms with van der Waals surface area (Å²) in [7, 11) is 0. The zero-order valence-electron chi connectivity index (χ0n) is 11.9. The molecule has 0 heterocycles. The lowest BCUT2D eigenvalue weighted by Gasteiger charge is -2.43. The normalized spacial score (nSPS) is 31.1. The van der Waals surface area contributed by atoms with Crippen molar-refractivity contribution in [1.29, 1.82) is 0 Å². The summed E-state index contributed by atoms with van der Waals surface area (Å²) in [5.41, 5.74) is 7.09. The monoisotopic (exact) mass is 328 g/mol. The highest BCUT2D eigenvalue weighted by Gasteiger charge is 2.40. The third kappa shape index (κ3) is 3.71. The number of fused-ring (bicyclic) bond motifs is 2. The molecule has 2 bridgehead atoms. The minimum absolute atomic E-state index is 0. The van der Waals surface area contributed by atoms with E-state index in [-0.39, 0.29) is 24.2 Å². The third-order valence-electron chi connectivity index (χ3n) is 4.90. The number of halogens is 2. The Morgan fingerprint density at radius 2 is 1.71 bits per heavy atom. The minimum Gasteiger partial charge on any atom is -0.327 e. The number of benzene rings is 1. The van der Waals surface area contributed by atoms with Gasteiger partial charge in [0.15, 0.2) is 0 Å². The van der Waals surface area contributed by atoms with Gasteiger partial charge in [-0.15, -0.1) is 12.4 Å². The molecule has 3 rings (SSSR count). The van der Waals surface area contributed by atoms with Crippen molar-refractivity contribution in [3.8, 4) is 0 Å². The molecule has 1 amide bonds. The third-order valence-corrected chi connectivity index (χ3v) is 5.15. The Labute approximate surface area is 137 Å². The molecule has 3 N–H and O–H groups in total. The van der Waals surface area contributed by atoms with Crippen molar-refractivity contribution in [1.82, 2.24) is 0 Å². The number of nitrogens with two attached hydrogens (primary N) is 1. The van der Waals surface area contributed by atoms with Crippen LogP contribution in [0.3, 0.4) is 0 Å². The van der Waals surface area contributed by atoms with E-state index in [1.54, 1.807) is 12.1 Å². The van der Waals surface area contributed by atoms with E-state index >= 15 is 0 Å². The molecule has 2 aliphatic rings. The van der Waals surface area contributed by atoms with Crippen molar-refractivity contribution in [2.24, 2.45) is 23.5 Å². The molecule has 3 nitrogen and oxygen atoms in total. The average Bonchev–Trinajstić information content (AvgIpc) is 2.41. The number of carbonyl (C=O) groups is 1. The molecule has 1 aromatic carbocycles. The average molecular weight is 329 g/mol. The van der Waals surface area contributed by atoms with Gasteiger partial charge in [-0.3, -0.25) is 4.79 Å². The number of hydrogen-bond acceptors (Lipinski definition) is 2. The maximum Gasteiger partial charge on any atom is 0.227 e. The molecule has 2 aliphatic carbocycles. The standard InChI is InChI=1S/C16H21ClN2O.ClH/c17-13-4-6-14(7-5-13)19-16(20)12-8-10-2-1-3-11(9-12)15(10)18;/h4-7,10-12,15H,1-3,8-9,18H2,(H,19,20);1H. The van der Waals surface area contributed by atoms with Crippen molar-refractivity contribution in [3.63, 3.8) is 0 Å². The summed E-state index contributed by atoms with van der Waals surface area (Å²) in [6.07, 6.45) is 5.52. The van der Waals surface area contributed by atoms with Crippen LogP contribution >= 0.6 is 24.0 Å². The maximum absolute atomic E-state index is 12.4. The number of hydrogen-bond donors (Lipinski definition) is 2. The first-order valence-corrected chi connectivity index (χ1v) is 7.83. The van der Waals surface area contributed by atoms with E-state index in [4.69, 9.17) is 17.3 Å². The summed E-state index contributed by atoms with van der Waals surface area (Å²) in [5.74, 6) is 1.31. The summed E-state index contributed by atoms with van der Waals surface area (Å²) >= 11 is 5.85. The number of rotatable bonds is 2. The van der Waals surface area contributed by atoms with Crippen LogP contribution in [-0.2, 0) is 4.79 Å². The van der Waals surface area contributed by atoms with Gasteiger partial charge in [0.25, 0.3) is 0 Å². The van der Waals surface area contributed by atoms with E-state index < -0.39 is 0 Å². The summed E-state index contributed by atoms with van der Waals surface area (Å²) in [5, 5.41) is 3.69. The van der Waals surface area contributed by atoms with Crippen LogP contribution < -0.4 is 11.1 Å². The number of carbonyl (C=O) groups excluding carboxylic acids is 1. The highest BCUT2D eigenvalue weighted by atomic mass is 35.5. The zero-order valence-corrected chi connectivity index (χ0v) is 13.5. The van der Waals surface area contributed by atoms with Gasteiger partial charge in [0, 0.05) is 22.7 Å². The minimum atomic E-state index is 0. The lowest BCUT2D eigenvalue weighted by atomic mass is 9.65. The lowest BCUT2D eigenvalue weighted by molar-refractivity contribution is -0.122. The van der Waals surface area contributed by atoms with E-state index in [1.165, 1.54) is 19.3 Å². The van der Waals surface area contributed by atoms with Crippen molar-refractivity contribution in [2.45, 2.75) is 38.1 Å². The molecule has 0 saturated heterocycles. The summed E-state index contributed by atoms with van der Waals surface area (Å²) in [4.78, 5) is 12.4. The van der Waals surface area contributed by atoms with Crippen LogP contribution in [-0.4, -0.2) is 11.9 Å². The molecule has 2 saturated carbocycles. The van der Waals surface area contributed by atoms with Gasteiger partial charge >= 0.3 is 0 Å². The highest BCUT2D eigenvalue weighted by molar-refractivity contribution is 6.30. The van der Waals surface area contributed by atoms with Crippen LogP contribution in [0.4, 0.5) is 5.69 Å². The van der Waals surface area contributed by atoms with Gasteiger partial charge in [-0.05, 0) is 61.8 Å². The first-order chi connectivity index (χ1) is 9.63. The van der Waals surface area contributed by atoms with Gasteiger partial charge in [0.05, 0.1) is 0 Å². The quantitative estimate of drug-likeness (QED) is 0.866. The van der Waals surface area contributed by atoms with Gasteiger partial charge in [0.1, 0.15) is 0 Å². The summed E-state index contributed by atoms with van der Waals surface area (Å²) < 4.78 is 0. The number of nitrogens with one attached hydrogen (secondary N) is 1. The van der Waals surface area contributed by atoms with Crippen LogP contribution in [0.15, 0.2) is 24.3 Å². The number of amides is 1. The molecular formula is C16H22Cl2N2O. The maximum atomic E-state index is 12.4. The van der Waals surface area contributed by atoms with E-state index in [0.717, 1.165) is 18.5 Å². The molecule has 0 radical (unpaired) electrons. The van der Waals surface area contributed by atoms with Crippen LogP contribution in [0, 0.1) is 17.8 Å². The fraction of sp³-hybridized carbons (Fsp3) is 0.562. The molecule has 0 aromatic heterocycles. The topological polar surface area (TPSA) is 55.1 Å². The Hall–Kier alpha value is -0.770. The van der Waals surface area contributed by atoms with Crippen molar-refractivity contribution in [3.05, 3.63) is 29.3 Å². The second-order valence-corrected chi connectivity index (χ2v) is 6.63. The van der Waals surface area contributed by atoms with Crippen LogP contribution in [0.5, 0.6) is 0 Å². The van der Waals surface area contributed by atoms with E-state index in [2.05, 4.69) is 5.32 Å². The molecule has 21 heavy (non-hydrogen) atoms. The first-order valence-electron chi connectivity index (χ1n) is 7.45. The number of anilines is 1. The van der Waals surface area contributed by atoms with Crippen LogP contribution in [0.25, 0.3) is 0 Å². The van der Waals surface area contributed by atoms with Crippen LogP contribution in [0.2, 0.25) is 5.02 Å². The molecule has 2 unspecified atom stereocenters. The Bertz CT molecular complexity index is 478. The molecule has 0 spiro atoms. The second kappa shape index (κ2) is 6.99. The molecule has 116 valence electrons. The Kier molecular flexibility index (Phi) is 5.53. The fourth-order valence-corrected chi connectivity index (χ4v) is 3.91. The van der Waals surface area contributed by atoms with Crippen LogP contribution in [0.1, 0.15) is 32.1 Å². The largest absolute Gasteiger partial charge is 0.327 e. The summed E-state index contributed by atoms with van der Waals surface area (Å²) in [6, 6.07) is 7.58. The molecule has 5 heteroatoms. The summed E-state index contributed by atoms with van der Waals surface area (Å²) in [6.45, 7) is 0. The predicted molar refractivity (Wildman–Crippen MR) is 88.9 cm³/mol. The zero-order chi connectivity index (χ0) is 14.1. The second-order valence-electron chi connectivity index (χ2n) is 6.19. The predicted octanol–water partition coefficient (Wildman–Crippen LogP) is 3.85. The molecule has 0 aliphatic heterocycles. The fourth-order valence-electron chi connectivity index (χ4n) is 3.78. The van der Waals surface area contributed by atoms with Gasteiger partial charge in [-0.25, -0.2) is 0 Å². The van der Waals surface area contributed by atoms with Gasteiger partial charge in [-0.2, -0.15) is 0 Å². The Morgan fingerprint density at radius 3 is 2.29 bits per heavy atom. The van der Waals surface area contributed by atoms with Gasteiger partial charge < -0.3 is 11.1 Å². The van der Waals surface area contributed by atoms with E-state index in [9.17, 15) is 4.79 Å². The first kappa shape index (κ1) is 16.6. The van der Waals surface area contributed by atoms with Crippen molar-refractivity contribution >= 4 is 35.6 Å². The molecule has 1 aromatic rings. The smallest absolute Gasteiger partial charge is 0.227 e. The Morgan fingerprint density at radius 1 is 1.14 bits per heavy atom.